The van der Waals surface area contributed by atoms with E-state index >= 15 is 0 Å². The molecule has 152 valence electrons. The number of nitrogens with two attached hydrogens (primary N) is 1. The van der Waals surface area contributed by atoms with Gasteiger partial charge in [-0.2, -0.15) is 13.8 Å². The van der Waals surface area contributed by atoms with E-state index in [1.54, 1.807) is 0 Å². The Balaban J connectivity index is 2.30. The molecule has 0 spiro atoms. The Bertz CT molecular complexity index is 1130. The van der Waals surface area contributed by atoms with E-state index < -0.39 is 35.9 Å². The lowest BCUT2D eigenvalue weighted by molar-refractivity contribution is -0.0526. The monoisotopic (exact) mass is 407 g/mol. The molecule has 0 saturated carbocycles. The van der Waals surface area contributed by atoms with Crippen molar-refractivity contribution in [3.8, 4) is 17.3 Å². The zero-order chi connectivity index (χ0) is 21.3. The van der Waals surface area contributed by atoms with Gasteiger partial charge >= 0.3 is 12.6 Å². The standard InChI is InChI=1S/C18H15F2N3O6/c1-8(24)28-10-4-2-9(3-5-10)23-15-11(6-7-12(22-15)29-18(19)20)14(21)13(16(23)25)17(26)27/h2-8,18,24H,21H2,1H3,(H,26,27). The minimum Gasteiger partial charge on any atom is -0.477 e. The first-order valence-electron chi connectivity index (χ1n) is 8.17. The number of aliphatic hydroxyl groups is 1. The minimum atomic E-state index is -3.15. The number of carbonyl (C=O) groups is 1. The summed E-state index contributed by atoms with van der Waals surface area (Å²) in [6.07, 6.45) is -1.07. The van der Waals surface area contributed by atoms with Gasteiger partial charge < -0.3 is 25.4 Å². The summed E-state index contributed by atoms with van der Waals surface area (Å²) in [5.74, 6) is -1.74. The number of aromatic nitrogens is 2. The van der Waals surface area contributed by atoms with Crippen LogP contribution in [0, 0.1) is 0 Å². The van der Waals surface area contributed by atoms with E-state index in [-0.39, 0.29) is 28.2 Å². The lowest BCUT2D eigenvalue weighted by Gasteiger charge is -2.15. The highest BCUT2D eigenvalue weighted by molar-refractivity contribution is 6.03. The van der Waals surface area contributed by atoms with Crippen LogP contribution in [0.4, 0.5) is 14.5 Å². The number of rotatable bonds is 6. The predicted octanol–water partition coefficient (Wildman–Crippen LogP) is 1.98. The number of fused-ring (bicyclic) bond motifs is 1. The molecule has 0 bridgehead atoms. The molecular weight excluding hydrogens is 392 g/mol. The molecule has 0 radical (unpaired) electrons. The first kappa shape index (κ1) is 20.0. The second-order valence-electron chi connectivity index (χ2n) is 5.84. The van der Waals surface area contributed by atoms with Crippen molar-refractivity contribution in [1.29, 1.82) is 0 Å². The van der Waals surface area contributed by atoms with Gasteiger partial charge in [-0.05, 0) is 37.3 Å². The van der Waals surface area contributed by atoms with E-state index in [0.29, 0.717) is 0 Å². The maximum Gasteiger partial charge on any atom is 0.388 e. The molecule has 29 heavy (non-hydrogen) atoms. The molecule has 4 N–H and O–H groups in total. The van der Waals surface area contributed by atoms with Crippen LogP contribution in [0.25, 0.3) is 16.7 Å². The van der Waals surface area contributed by atoms with Gasteiger partial charge in [-0.15, -0.1) is 0 Å². The molecule has 2 aromatic heterocycles. The summed E-state index contributed by atoms with van der Waals surface area (Å²) >= 11 is 0. The molecule has 0 aliphatic carbocycles. The van der Waals surface area contributed by atoms with Crippen LogP contribution in [0.1, 0.15) is 17.3 Å². The minimum absolute atomic E-state index is 0.0629. The number of alkyl halides is 2. The fourth-order valence-corrected chi connectivity index (χ4v) is 2.74. The second kappa shape index (κ2) is 7.72. The summed E-state index contributed by atoms with van der Waals surface area (Å²) in [7, 11) is 0. The highest BCUT2D eigenvalue weighted by Crippen LogP contribution is 2.27. The van der Waals surface area contributed by atoms with Crippen LogP contribution in [0.15, 0.2) is 41.2 Å². The molecule has 0 saturated heterocycles. The fraction of sp³-hybridized carbons (Fsp3) is 0.167. The first-order chi connectivity index (χ1) is 13.7. The SMILES string of the molecule is CC(O)Oc1ccc(-n2c(=O)c(C(=O)O)c(N)c3ccc(OC(F)F)nc32)cc1. The van der Waals surface area contributed by atoms with E-state index in [1.165, 1.54) is 37.3 Å². The molecule has 3 aromatic rings. The van der Waals surface area contributed by atoms with Gasteiger partial charge in [0, 0.05) is 11.5 Å². The summed E-state index contributed by atoms with van der Waals surface area (Å²) in [6, 6.07) is 7.99. The average Bonchev–Trinajstić information content (AvgIpc) is 2.61. The van der Waals surface area contributed by atoms with Gasteiger partial charge in [0.15, 0.2) is 11.9 Å². The zero-order valence-corrected chi connectivity index (χ0v) is 14.9. The fourth-order valence-electron chi connectivity index (χ4n) is 2.74. The van der Waals surface area contributed by atoms with Crippen molar-refractivity contribution < 1.29 is 33.3 Å². The maximum absolute atomic E-state index is 12.8. The van der Waals surface area contributed by atoms with Gasteiger partial charge in [0.1, 0.15) is 11.3 Å². The third-order valence-electron chi connectivity index (χ3n) is 3.86. The van der Waals surface area contributed by atoms with Crippen LogP contribution in [-0.2, 0) is 0 Å². The van der Waals surface area contributed by atoms with Gasteiger partial charge in [0.05, 0.1) is 11.4 Å². The van der Waals surface area contributed by atoms with Crippen molar-refractivity contribution in [2.24, 2.45) is 0 Å². The Hall–Kier alpha value is -3.73. The second-order valence-corrected chi connectivity index (χ2v) is 5.84. The summed E-state index contributed by atoms with van der Waals surface area (Å²) in [6.45, 7) is -1.74. The van der Waals surface area contributed by atoms with Gasteiger partial charge in [-0.1, -0.05) is 0 Å². The number of hydrogen-bond acceptors (Lipinski definition) is 7. The molecule has 2 heterocycles. The summed E-state index contributed by atoms with van der Waals surface area (Å²) < 4.78 is 35.4. The number of aliphatic hydroxyl groups excluding tert-OH is 1. The molecule has 3 rings (SSSR count). The van der Waals surface area contributed by atoms with E-state index in [4.69, 9.17) is 10.5 Å². The third kappa shape index (κ3) is 3.94. The first-order valence-corrected chi connectivity index (χ1v) is 8.17. The molecule has 0 fully saturated rings. The number of hydrogen-bond donors (Lipinski definition) is 3. The predicted molar refractivity (Wildman–Crippen MR) is 97.7 cm³/mol. The average molecular weight is 407 g/mol. The third-order valence-corrected chi connectivity index (χ3v) is 3.86. The number of ether oxygens (including phenoxy) is 2. The Morgan fingerprint density at radius 2 is 1.83 bits per heavy atom. The number of halogens is 2. The lowest BCUT2D eigenvalue weighted by Crippen LogP contribution is -2.28. The highest BCUT2D eigenvalue weighted by atomic mass is 19.3. The lowest BCUT2D eigenvalue weighted by atomic mass is 10.1. The van der Waals surface area contributed by atoms with Crippen molar-refractivity contribution >= 4 is 22.7 Å². The number of carboxylic acid groups (broad SMARTS) is 1. The van der Waals surface area contributed by atoms with Gasteiger partial charge in [-0.3, -0.25) is 9.36 Å². The van der Waals surface area contributed by atoms with Crippen molar-refractivity contribution in [2.75, 3.05) is 5.73 Å². The van der Waals surface area contributed by atoms with Crippen molar-refractivity contribution in [3.63, 3.8) is 0 Å². The summed E-state index contributed by atoms with van der Waals surface area (Å²) in [4.78, 5) is 28.3. The Morgan fingerprint density at radius 1 is 1.17 bits per heavy atom. The molecule has 11 heteroatoms. The number of pyridine rings is 2. The smallest absolute Gasteiger partial charge is 0.388 e. The van der Waals surface area contributed by atoms with Gasteiger partial charge in [0.2, 0.25) is 5.88 Å². The van der Waals surface area contributed by atoms with E-state index in [1.807, 2.05) is 0 Å². The Labute approximate surface area is 161 Å². The number of nitrogen functional groups attached to an aromatic ring is 1. The summed E-state index contributed by atoms with van der Waals surface area (Å²) in [5.41, 5.74) is 3.79. The van der Waals surface area contributed by atoms with Crippen LogP contribution in [0.3, 0.4) is 0 Å². The molecule has 0 amide bonds. The van der Waals surface area contributed by atoms with Gasteiger partial charge in [0.25, 0.3) is 5.56 Å². The molecule has 0 aliphatic rings. The molecule has 1 aromatic carbocycles. The largest absolute Gasteiger partial charge is 0.477 e. The molecule has 1 unspecified atom stereocenters. The molecule has 0 aliphatic heterocycles. The van der Waals surface area contributed by atoms with Crippen LogP contribution in [-0.4, -0.2) is 38.6 Å². The number of anilines is 1. The van der Waals surface area contributed by atoms with Crippen LogP contribution >= 0.6 is 0 Å². The van der Waals surface area contributed by atoms with Crippen molar-refractivity contribution in [2.45, 2.75) is 19.8 Å². The van der Waals surface area contributed by atoms with E-state index in [0.717, 1.165) is 10.6 Å². The molecular formula is C18H15F2N3O6. The number of carboxylic acids is 1. The maximum atomic E-state index is 12.8. The number of benzene rings is 1. The van der Waals surface area contributed by atoms with Crippen molar-refractivity contribution in [1.82, 2.24) is 9.55 Å². The normalized spacial score (nSPS) is 12.2. The summed E-state index contributed by atoms with van der Waals surface area (Å²) in [5, 5.41) is 18.7. The molecule has 1 atom stereocenters. The Kier molecular flexibility index (Phi) is 5.33. The highest BCUT2D eigenvalue weighted by Gasteiger charge is 2.22. The van der Waals surface area contributed by atoms with Gasteiger partial charge in [-0.25, -0.2) is 4.79 Å². The molecule has 9 nitrogen and oxygen atoms in total. The topological polar surface area (TPSA) is 137 Å². The zero-order valence-electron chi connectivity index (χ0n) is 14.9. The van der Waals surface area contributed by atoms with Crippen LogP contribution in [0.5, 0.6) is 11.6 Å². The number of nitrogens with zero attached hydrogens (tertiary/aromatic N) is 2. The van der Waals surface area contributed by atoms with E-state index in [9.17, 15) is 28.6 Å². The van der Waals surface area contributed by atoms with Crippen molar-refractivity contribution in [3.05, 3.63) is 52.3 Å². The van der Waals surface area contributed by atoms with Crippen LogP contribution < -0.4 is 20.8 Å². The van der Waals surface area contributed by atoms with Crippen LogP contribution in [0.2, 0.25) is 0 Å². The Morgan fingerprint density at radius 3 is 2.38 bits per heavy atom. The van der Waals surface area contributed by atoms with E-state index in [2.05, 4.69) is 9.72 Å². The number of aromatic carboxylic acids is 1. The quantitative estimate of drug-likeness (QED) is 0.528.